The summed E-state index contributed by atoms with van der Waals surface area (Å²) in [6.45, 7) is 20.7. The molecule has 0 saturated heterocycles. The van der Waals surface area contributed by atoms with E-state index in [0.717, 1.165) is 34.2 Å². The summed E-state index contributed by atoms with van der Waals surface area (Å²) in [5, 5.41) is 1.43. The lowest BCUT2D eigenvalue weighted by Crippen LogP contribution is -2.64. The molecule has 12 rings (SSSR count). The van der Waals surface area contributed by atoms with Crippen LogP contribution in [0, 0.1) is 199 Å². The van der Waals surface area contributed by atoms with E-state index < -0.39 is 166 Å². The van der Waals surface area contributed by atoms with Crippen LogP contribution in [0.2, 0.25) is 0 Å². The van der Waals surface area contributed by atoms with Crippen molar-refractivity contribution in [3.63, 3.8) is 0 Å². The molecule has 2 nitrogen and oxygen atoms in total. The van der Waals surface area contributed by atoms with Crippen molar-refractivity contribution in [3.05, 3.63) is 315 Å². The zero-order chi connectivity index (χ0) is 75.0. The third kappa shape index (κ3) is 11.2. The van der Waals surface area contributed by atoms with Gasteiger partial charge in [-0.15, -0.1) is 0 Å². The Bertz CT molecular complexity index is 4510. The van der Waals surface area contributed by atoms with Crippen LogP contribution in [0.1, 0.15) is 77.9 Å². The second-order valence-corrected chi connectivity index (χ2v) is 31.5. The molecule has 0 atom stereocenters. The molecule has 0 spiro atoms. The van der Waals surface area contributed by atoms with Gasteiger partial charge in [-0.2, -0.15) is 12.0 Å². The first-order valence-electron chi connectivity index (χ1n) is 31.3. The number of hydrogen-bond donors (Lipinski definition) is 0. The highest BCUT2D eigenvalue weighted by molar-refractivity contribution is 7.97. The minimum Gasteiger partial charge on any atom is -0.414 e. The van der Waals surface area contributed by atoms with Crippen molar-refractivity contribution in [2.24, 2.45) is 0 Å². The summed E-state index contributed by atoms with van der Waals surface area (Å²) < 4.78 is 323. The van der Waals surface area contributed by atoms with E-state index in [0.29, 0.717) is 65.7 Å². The van der Waals surface area contributed by atoms with Crippen molar-refractivity contribution in [2.75, 3.05) is 0 Å². The van der Waals surface area contributed by atoms with Crippen LogP contribution in [0.3, 0.4) is 0 Å². The van der Waals surface area contributed by atoms with Crippen LogP contribution in [0.5, 0.6) is 0 Å². The van der Waals surface area contributed by atoms with Crippen molar-refractivity contribution in [1.29, 1.82) is 0 Å². The Morgan fingerprint density at radius 1 is 0.225 bits per heavy atom. The van der Waals surface area contributed by atoms with Gasteiger partial charge in [-0.1, -0.05) is 153 Å². The molecular formula is C76H56B2F20O2P2. The summed E-state index contributed by atoms with van der Waals surface area (Å²) in [6.07, 6.45) is -9.41. The Balaban J connectivity index is 0.000000205. The fraction of sp³-hybridized carbons (Fsp3) is 0.158. The monoisotopic (exact) mass is 1460 g/mol. The molecule has 2 aliphatic rings. The van der Waals surface area contributed by atoms with E-state index >= 15 is 70.2 Å². The number of rotatable bonds is 10. The summed E-state index contributed by atoms with van der Waals surface area (Å²) in [5.41, 5.74) is 0.110. The molecule has 2 aliphatic heterocycles. The van der Waals surface area contributed by atoms with Gasteiger partial charge in [0.05, 0.1) is 10.6 Å². The molecule has 102 heavy (non-hydrogen) atoms. The summed E-state index contributed by atoms with van der Waals surface area (Å²) in [6, 6.07) is 29.6. The van der Waals surface area contributed by atoms with Crippen molar-refractivity contribution >= 4 is 81.4 Å². The third-order valence-corrected chi connectivity index (χ3v) is 27.6. The minimum atomic E-state index is -4.70. The van der Waals surface area contributed by atoms with Gasteiger partial charge in [-0.05, 0) is 128 Å². The number of hydrogen-bond acceptors (Lipinski definition) is 2. The lowest BCUT2D eigenvalue weighted by atomic mass is 9.31. The Hall–Kier alpha value is -8.81. The molecule has 0 N–H and O–H groups in total. The number of aryl methyl sites for hydroxylation is 12. The first-order valence-corrected chi connectivity index (χ1v) is 34.7. The van der Waals surface area contributed by atoms with Crippen LogP contribution < -0.4 is 43.1 Å². The van der Waals surface area contributed by atoms with Crippen LogP contribution in [-0.4, -0.2) is 12.7 Å². The van der Waals surface area contributed by atoms with Crippen molar-refractivity contribution in [3.8, 4) is 0 Å². The van der Waals surface area contributed by atoms with E-state index in [1.807, 2.05) is 0 Å². The zero-order valence-electron chi connectivity index (χ0n) is 56.0. The summed E-state index contributed by atoms with van der Waals surface area (Å²) in [5.74, 6) is -49.3. The van der Waals surface area contributed by atoms with Gasteiger partial charge >= 0.3 is 0 Å². The summed E-state index contributed by atoms with van der Waals surface area (Å²) in [7, 11) is -8.29. The average Bonchev–Trinajstić information content (AvgIpc) is 1.51. The normalized spacial score (nSPS) is 15.0. The van der Waals surface area contributed by atoms with Crippen molar-refractivity contribution in [2.45, 2.75) is 83.1 Å². The Labute approximate surface area is 574 Å². The minimum absolute atomic E-state index is 0.00101. The SMILES string of the molecule is Cc1cc(C)c([P+]2(c3c(C)cc(C)cc3C)O[B-](c3c(F)c(F)c(F)c(F)c3F)(c3c(F)c(F)c(F)c(F)c3F)C=C2c2ccccc2)c(C)c1.Cc1cc(C)c([P+]2(c3c(C)cc(C)cc3C)O[B-](c3c(F)c(F)c(F)c(F)c3F)(c3c(F)c(F)c(F)c(F)c3F)C=C2c2ccccc2)c(C)c1. The molecule has 0 amide bonds. The second-order valence-electron chi connectivity index (χ2n) is 25.9. The van der Waals surface area contributed by atoms with Crippen LogP contribution in [-0.2, 0) is 8.88 Å². The lowest BCUT2D eigenvalue weighted by molar-refractivity contribution is 0.379. The van der Waals surface area contributed by atoms with Crippen LogP contribution in [0.4, 0.5) is 87.8 Å². The maximum atomic E-state index is 16.2. The van der Waals surface area contributed by atoms with E-state index in [1.165, 1.54) is 24.3 Å². The van der Waals surface area contributed by atoms with Gasteiger partial charge in [-0.25, -0.2) is 87.8 Å². The van der Waals surface area contributed by atoms with E-state index in [1.54, 1.807) is 168 Å². The van der Waals surface area contributed by atoms with Gasteiger partial charge in [-0.3, -0.25) is 0 Å². The molecule has 26 heteroatoms. The predicted octanol–water partition coefficient (Wildman–Crippen LogP) is 18.4. The molecule has 0 unspecified atom stereocenters. The first-order chi connectivity index (χ1) is 47.8. The highest BCUT2D eigenvalue weighted by atomic mass is 31.2. The second kappa shape index (κ2) is 26.8. The van der Waals surface area contributed by atoms with Crippen LogP contribution in [0.25, 0.3) is 10.6 Å². The van der Waals surface area contributed by atoms with E-state index in [9.17, 15) is 17.6 Å². The number of benzene rings is 10. The van der Waals surface area contributed by atoms with Gasteiger partial charge in [0.1, 0.15) is 67.8 Å². The molecule has 0 aliphatic carbocycles. The Morgan fingerprint density at radius 2 is 0.382 bits per heavy atom. The molecule has 0 radical (unpaired) electrons. The molecular weight excluding hydrogens is 1410 g/mol. The highest BCUT2D eigenvalue weighted by Gasteiger charge is 2.65. The van der Waals surface area contributed by atoms with Gasteiger partial charge in [0.25, 0.3) is 12.7 Å². The molecule has 0 fully saturated rings. The fourth-order valence-corrected chi connectivity index (χ4v) is 25.5. The third-order valence-electron chi connectivity index (χ3n) is 18.7. The molecule has 528 valence electrons. The fourth-order valence-electron chi connectivity index (χ4n) is 15.5. The molecule has 0 saturated carbocycles. The van der Waals surface area contributed by atoms with Crippen LogP contribution >= 0.6 is 15.0 Å². The van der Waals surface area contributed by atoms with E-state index in [-0.39, 0.29) is 21.8 Å². The number of halogens is 20. The van der Waals surface area contributed by atoms with Gasteiger partial charge in [0, 0.05) is 11.1 Å². The smallest absolute Gasteiger partial charge is 0.255 e. The average molecular weight is 1460 g/mol. The maximum absolute atomic E-state index is 16.2. The molecule has 10 aromatic rings. The predicted molar refractivity (Wildman–Crippen MR) is 361 cm³/mol. The molecule has 0 aromatic heterocycles. The highest BCUT2D eigenvalue weighted by Crippen LogP contribution is 2.76. The van der Waals surface area contributed by atoms with Gasteiger partial charge in [0.2, 0.25) is 0 Å². The first kappa shape index (κ1) is 74.4. The topological polar surface area (TPSA) is 18.5 Å². The van der Waals surface area contributed by atoms with E-state index in [2.05, 4.69) is 0 Å². The quantitative estimate of drug-likeness (QED) is 0.0447. The molecule has 10 aromatic carbocycles. The van der Waals surface area contributed by atoms with Crippen molar-refractivity contribution in [1.82, 2.24) is 0 Å². The zero-order valence-corrected chi connectivity index (χ0v) is 57.8. The Kier molecular flexibility index (Phi) is 19.5. The standard InChI is InChI=1S/2C38H28BF10OP/c2*1-17-12-19(3)37(20(4)13-17)51(38-21(5)14-18(2)15-22(38)6)24(23-10-8-7-9-11-23)16-39(50-51,25-27(40)31(44)35(48)32(45)28(25)41)26-29(42)33(46)36(49)34(47)30(26)43/h2*7-16H,1-6H3. The van der Waals surface area contributed by atoms with Crippen LogP contribution in [0.15, 0.2) is 121 Å². The van der Waals surface area contributed by atoms with E-state index in [4.69, 9.17) is 8.88 Å². The largest absolute Gasteiger partial charge is 0.414 e. The van der Waals surface area contributed by atoms with Gasteiger partial charge in [0.15, 0.2) is 84.8 Å². The van der Waals surface area contributed by atoms with Crippen molar-refractivity contribution < 1.29 is 96.7 Å². The maximum Gasteiger partial charge on any atom is 0.255 e. The Morgan fingerprint density at radius 3 is 0.549 bits per heavy atom. The summed E-state index contributed by atoms with van der Waals surface area (Å²) >= 11 is 0. The lowest BCUT2D eigenvalue weighted by Gasteiger charge is -2.40. The summed E-state index contributed by atoms with van der Waals surface area (Å²) in [4.78, 5) is 0. The van der Waals surface area contributed by atoms with Gasteiger partial charge < -0.3 is 8.88 Å². The molecule has 2 heterocycles. The molecule has 0 bridgehead atoms.